The van der Waals surface area contributed by atoms with Crippen molar-refractivity contribution in [2.24, 2.45) is 0 Å². The average Bonchev–Trinajstić information content (AvgIpc) is 2.19. The van der Waals surface area contributed by atoms with Crippen molar-refractivity contribution in [2.45, 2.75) is 26.4 Å². The van der Waals surface area contributed by atoms with Crippen LogP contribution >= 0.6 is 22.6 Å². The summed E-state index contributed by atoms with van der Waals surface area (Å²) in [6.45, 7) is 5.11. The van der Waals surface area contributed by atoms with Gasteiger partial charge in [-0.05, 0) is 18.9 Å². The molecule has 0 spiro atoms. The molecule has 0 aliphatic heterocycles. The lowest BCUT2D eigenvalue weighted by Gasteiger charge is -2.15. The first-order valence-corrected chi connectivity index (χ1v) is 6.54. The number of ether oxygens (including phenoxy) is 1. The van der Waals surface area contributed by atoms with Gasteiger partial charge in [0.15, 0.2) is 0 Å². The fraction of sp³-hybridized carbons (Fsp3) is 0.500. The lowest BCUT2D eigenvalue weighted by atomic mass is 10.1. The van der Waals surface area contributed by atoms with Crippen LogP contribution in [0.1, 0.15) is 30.6 Å². The van der Waals surface area contributed by atoms with Gasteiger partial charge < -0.3 is 4.74 Å². The molecule has 0 bridgehead atoms. The zero-order chi connectivity index (χ0) is 10.4. The van der Waals surface area contributed by atoms with Gasteiger partial charge in [-0.2, -0.15) is 0 Å². The van der Waals surface area contributed by atoms with Crippen LogP contribution in [0.2, 0.25) is 0 Å². The molecule has 14 heavy (non-hydrogen) atoms. The molecular formula is C12H17IO. The maximum atomic E-state index is 5.77. The number of hydrogen-bond donors (Lipinski definition) is 0. The third-order valence-corrected chi connectivity index (χ3v) is 2.88. The molecule has 1 atom stereocenters. The van der Waals surface area contributed by atoms with E-state index in [2.05, 4.69) is 60.7 Å². The quantitative estimate of drug-likeness (QED) is 0.592. The monoisotopic (exact) mass is 304 g/mol. The highest BCUT2D eigenvalue weighted by Crippen LogP contribution is 2.20. The largest absolute Gasteiger partial charge is 0.373 e. The molecule has 0 saturated heterocycles. The Labute approximate surface area is 100.0 Å². The van der Waals surface area contributed by atoms with Crippen LogP contribution in [0.25, 0.3) is 0 Å². The van der Waals surface area contributed by atoms with Gasteiger partial charge in [0.1, 0.15) is 0 Å². The van der Waals surface area contributed by atoms with Crippen molar-refractivity contribution in [1.82, 2.24) is 0 Å². The normalized spacial score (nSPS) is 12.8. The van der Waals surface area contributed by atoms with Crippen LogP contribution in [0.3, 0.4) is 0 Å². The van der Waals surface area contributed by atoms with E-state index >= 15 is 0 Å². The molecule has 78 valence electrons. The topological polar surface area (TPSA) is 9.23 Å². The summed E-state index contributed by atoms with van der Waals surface area (Å²) in [7, 11) is 0. The maximum Gasteiger partial charge on any atom is 0.0914 e. The molecule has 1 aromatic carbocycles. The number of alkyl halides is 1. The molecule has 0 saturated carbocycles. The summed E-state index contributed by atoms with van der Waals surface area (Å²) in [4.78, 5) is 0. The Bertz CT molecular complexity index is 273. The fourth-order valence-corrected chi connectivity index (χ4v) is 2.12. The van der Waals surface area contributed by atoms with Gasteiger partial charge >= 0.3 is 0 Å². The molecule has 1 nitrogen and oxygen atoms in total. The van der Waals surface area contributed by atoms with E-state index in [4.69, 9.17) is 4.74 Å². The van der Waals surface area contributed by atoms with Crippen molar-refractivity contribution in [3.63, 3.8) is 0 Å². The second-order valence-electron chi connectivity index (χ2n) is 3.43. The lowest BCUT2D eigenvalue weighted by molar-refractivity contribution is 0.0715. The number of hydrogen-bond acceptors (Lipinski definition) is 1. The SMILES string of the molecule is CCCOC(CI)c1cccc(C)c1. The first kappa shape index (κ1) is 12.0. The summed E-state index contributed by atoms with van der Waals surface area (Å²) in [5.74, 6) is 0. The molecule has 0 aromatic heterocycles. The summed E-state index contributed by atoms with van der Waals surface area (Å²) < 4.78 is 6.79. The Morgan fingerprint density at radius 3 is 2.79 bits per heavy atom. The van der Waals surface area contributed by atoms with Gasteiger partial charge in [-0.25, -0.2) is 0 Å². The highest BCUT2D eigenvalue weighted by Gasteiger charge is 2.09. The van der Waals surface area contributed by atoms with Gasteiger partial charge in [0, 0.05) is 11.0 Å². The molecule has 0 N–H and O–H groups in total. The minimum atomic E-state index is 0.260. The van der Waals surface area contributed by atoms with Crippen LogP contribution in [0.4, 0.5) is 0 Å². The summed E-state index contributed by atoms with van der Waals surface area (Å²) >= 11 is 2.38. The predicted octanol–water partition coefficient (Wildman–Crippen LogP) is 3.90. The number of aryl methyl sites for hydroxylation is 1. The van der Waals surface area contributed by atoms with Crippen LogP contribution in [0.5, 0.6) is 0 Å². The van der Waals surface area contributed by atoms with E-state index < -0.39 is 0 Å². The molecule has 1 rings (SSSR count). The fourth-order valence-electron chi connectivity index (χ4n) is 1.36. The van der Waals surface area contributed by atoms with E-state index in [0.29, 0.717) is 0 Å². The van der Waals surface area contributed by atoms with Crippen molar-refractivity contribution >= 4 is 22.6 Å². The standard InChI is InChI=1S/C12H17IO/c1-3-7-14-12(9-13)11-6-4-5-10(2)8-11/h4-6,8,12H,3,7,9H2,1-2H3. The molecule has 0 aliphatic rings. The molecule has 1 aromatic rings. The Kier molecular flexibility index (Phi) is 5.48. The van der Waals surface area contributed by atoms with Gasteiger partial charge in [0.25, 0.3) is 0 Å². The molecular weight excluding hydrogens is 287 g/mol. The molecule has 1 unspecified atom stereocenters. The second-order valence-corrected chi connectivity index (χ2v) is 4.31. The van der Waals surface area contributed by atoms with E-state index in [0.717, 1.165) is 17.5 Å². The van der Waals surface area contributed by atoms with Gasteiger partial charge in [0.2, 0.25) is 0 Å². The second kappa shape index (κ2) is 6.40. The highest BCUT2D eigenvalue weighted by molar-refractivity contribution is 14.1. The summed E-state index contributed by atoms with van der Waals surface area (Å²) in [6.07, 6.45) is 1.34. The van der Waals surface area contributed by atoms with Crippen LogP contribution in [0.15, 0.2) is 24.3 Å². The van der Waals surface area contributed by atoms with Gasteiger partial charge in [-0.15, -0.1) is 0 Å². The van der Waals surface area contributed by atoms with Crippen molar-refractivity contribution in [3.8, 4) is 0 Å². The Morgan fingerprint density at radius 1 is 1.43 bits per heavy atom. The van der Waals surface area contributed by atoms with Gasteiger partial charge in [-0.3, -0.25) is 0 Å². The van der Waals surface area contributed by atoms with Crippen LogP contribution < -0.4 is 0 Å². The van der Waals surface area contributed by atoms with Gasteiger partial charge in [0.05, 0.1) is 6.10 Å². The molecule has 0 heterocycles. The lowest BCUT2D eigenvalue weighted by Crippen LogP contribution is -2.06. The Hall–Kier alpha value is -0.0900. The van der Waals surface area contributed by atoms with E-state index in [1.807, 2.05) is 0 Å². The highest BCUT2D eigenvalue weighted by atomic mass is 127. The number of halogens is 1. The van der Waals surface area contributed by atoms with Gasteiger partial charge in [-0.1, -0.05) is 59.3 Å². The number of rotatable bonds is 5. The van der Waals surface area contributed by atoms with Crippen LogP contribution in [-0.4, -0.2) is 11.0 Å². The van der Waals surface area contributed by atoms with Crippen LogP contribution in [0, 0.1) is 6.92 Å². The van der Waals surface area contributed by atoms with Crippen LogP contribution in [-0.2, 0) is 4.74 Å². The third kappa shape index (κ3) is 3.58. The average molecular weight is 304 g/mol. The molecule has 0 radical (unpaired) electrons. The maximum absolute atomic E-state index is 5.77. The van der Waals surface area contributed by atoms with Crippen molar-refractivity contribution in [3.05, 3.63) is 35.4 Å². The molecule has 0 fully saturated rings. The Morgan fingerprint density at radius 2 is 2.21 bits per heavy atom. The van der Waals surface area contributed by atoms with E-state index in [1.165, 1.54) is 11.1 Å². The number of benzene rings is 1. The molecule has 2 heteroatoms. The van der Waals surface area contributed by atoms with E-state index in [-0.39, 0.29) is 6.10 Å². The zero-order valence-electron chi connectivity index (χ0n) is 8.79. The minimum Gasteiger partial charge on any atom is -0.373 e. The molecule has 0 aliphatic carbocycles. The Balaban J connectivity index is 2.68. The van der Waals surface area contributed by atoms with Crippen molar-refractivity contribution in [1.29, 1.82) is 0 Å². The van der Waals surface area contributed by atoms with Crippen molar-refractivity contribution in [2.75, 3.05) is 11.0 Å². The minimum absolute atomic E-state index is 0.260. The smallest absolute Gasteiger partial charge is 0.0914 e. The van der Waals surface area contributed by atoms with E-state index in [1.54, 1.807) is 0 Å². The zero-order valence-corrected chi connectivity index (χ0v) is 11.0. The summed E-state index contributed by atoms with van der Waals surface area (Å²) in [5, 5.41) is 0. The summed E-state index contributed by atoms with van der Waals surface area (Å²) in [6, 6.07) is 8.57. The van der Waals surface area contributed by atoms with Crippen molar-refractivity contribution < 1.29 is 4.74 Å². The first-order valence-electron chi connectivity index (χ1n) is 5.02. The first-order chi connectivity index (χ1) is 6.77. The summed E-state index contributed by atoms with van der Waals surface area (Å²) in [5.41, 5.74) is 2.60. The third-order valence-electron chi connectivity index (χ3n) is 2.08. The van der Waals surface area contributed by atoms with E-state index in [9.17, 15) is 0 Å². The predicted molar refractivity (Wildman–Crippen MR) is 69.1 cm³/mol. The molecule has 0 amide bonds.